The van der Waals surface area contributed by atoms with Crippen molar-refractivity contribution in [1.29, 1.82) is 0 Å². The summed E-state index contributed by atoms with van der Waals surface area (Å²) in [6.07, 6.45) is 0.207. The second-order valence-corrected chi connectivity index (χ2v) is 4.72. The Morgan fingerprint density at radius 2 is 1.86 bits per heavy atom. The summed E-state index contributed by atoms with van der Waals surface area (Å²) in [6, 6.07) is 12.1. The molecule has 0 fully saturated rings. The van der Waals surface area contributed by atoms with Gasteiger partial charge in [0.1, 0.15) is 18.2 Å². The van der Waals surface area contributed by atoms with Crippen LogP contribution in [-0.4, -0.2) is 13.1 Å². The fourth-order valence-corrected chi connectivity index (χ4v) is 1.97. The summed E-state index contributed by atoms with van der Waals surface area (Å²) < 4.78 is 23.5. The highest BCUT2D eigenvalue weighted by molar-refractivity contribution is 5.72. The number of ether oxygens (including phenoxy) is 2. The molecule has 0 aliphatic carbocycles. The molecule has 2 aromatic carbocycles. The summed E-state index contributed by atoms with van der Waals surface area (Å²) in [5.41, 5.74) is 2.31. The molecule has 4 heteroatoms. The third-order valence-corrected chi connectivity index (χ3v) is 3.20. The highest BCUT2D eigenvalue weighted by Gasteiger charge is 2.08. The van der Waals surface area contributed by atoms with Crippen molar-refractivity contribution in [3.05, 3.63) is 65.0 Å². The van der Waals surface area contributed by atoms with E-state index in [1.165, 1.54) is 13.2 Å². The zero-order valence-corrected chi connectivity index (χ0v) is 12.1. The van der Waals surface area contributed by atoms with Gasteiger partial charge in [-0.2, -0.15) is 0 Å². The highest BCUT2D eigenvalue weighted by atomic mass is 19.1. The standard InChI is InChI=1S/C17H17FO3/c1-12-9-15(7-8-16(12)18)21-11-14-6-4-3-5-13(14)10-17(19)20-2/h3-9H,10-11H2,1-2H3. The van der Waals surface area contributed by atoms with Crippen molar-refractivity contribution < 1.29 is 18.7 Å². The van der Waals surface area contributed by atoms with Gasteiger partial charge in [-0.05, 0) is 41.8 Å². The third-order valence-electron chi connectivity index (χ3n) is 3.20. The van der Waals surface area contributed by atoms with Gasteiger partial charge in [0.25, 0.3) is 0 Å². The molecule has 0 atom stereocenters. The molecule has 2 aromatic rings. The van der Waals surface area contributed by atoms with Crippen molar-refractivity contribution in [2.45, 2.75) is 20.0 Å². The van der Waals surface area contributed by atoms with Gasteiger partial charge < -0.3 is 9.47 Å². The van der Waals surface area contributed by atoms with E-state index in [0.717, 1.165) is 11.1 Å². The number of esters is 1. The lowest BCUT2D eigenvalue weighted by molar-refractivity contribution is -0.139. The van der Waals surface area contributed by atoms with Crippen LogP contribution in [0.15, 0.2) is 42.5 Å². The Kier molecular flexibility index (Phi) is 4.93. The van der Waals surface area contributed by atoms with E-state index >= 15 is 0 Å². The van der Waals surface area contributed by atoms with Crippen molar-refractivity contribution in [2.75, 3.05) is 7.11 Å². The smallest absolute Gasteiger partial charge is 0.309 e. The topological polar surface area (TPSA) is 35.5 Å². The molecule has 0 radical (unpaired) electrons. The number of hydrogen-bond acceptors (Lipinski definition) is 3. The first-order valence-corrected chi connectivity index (χ1v) is 6.62. The summed E-state index contributed by atoms with van der Waals surface area (Å²) >= 11 is 0. The molecule has 0 heterocycles. The van der Waals surface area contributed by atoms with Gasteiger partial charge in [0.15, 0.2) is 0 Å². The Morgan fingerprint density at radius 1 is 1.14 bits per heavy atom. The van der Waals surface area contributed by atoms with E-state index in [4.69, 9.17) is 4.74 Å². The van der Waals surface area contributed by atoms with Gasteiger partial charge in [0.2, 0.25) is 0 Å². The molecule has 3 nitrogen and oxygen atoms in total. The fraction of sp³-hybridized carbons (Fsp3) is 0.235. The third kappa shape index (κ3) is 4.05. The Morgan fingerprint density at radius 3 is 2.52 bits per heavy atom. The van der Waals surface area contributed by atoms with E-state index in [-0.39, 0.29) is 18.2 Å². The summed E-state index contributed by atoms with van der Waals surface area (Å²) in [6.45, 7) is 2.01. The molecule has 0 N–H and O–H groups in total. The minimum absolute atomic E-state index is 0.207. The van der Waals surface area contributed by atoms with Crippen LogP contribution in [0.3, 0.4) is 0 Å². The predicted octanol–water partition coefficient (Wildman–Crippen LogP) is 3.43. The number of halogens is 1. The average molecular weight is 288 g/mol. The SMILES string of the molecule is COC(=O)Cc1ccccc1COc1ccc(F)c(C)c1. The molecule has 0 bridgehead atoms. The van der Waals surface area contributed by atoms with Crippen LogP contribution in [0.2, 0.25) is 0 Å². The maximum absolute atomic E-state index is 13.2. The molecular weight excluding hydrogens is 271 g/mol. The summed E-state index contributed by atoms with van der Waals surface area (Å²) in [4.78, 5) is 11.4. The monoisotopic (exact) mass is 288 g/mol. The second kappa shape index (κ2) is 6.88. The Bertz CT molecular complexity index is 638. The molecule has 0 spiro atoms. The van der Waals surface area contributed by atoms with E-state index in [2.05, 4.69) is 4.74 Å². The number of benzene rings is 2. The Labute approximate surface area is 123 Å². The zero-order chi connectivity index (χ0) is 15.2. The minimum atomic E-state index is -0.292. The van der Waals surface area contributed by atoms with Crippen molar-refractivity contribution in [1.82, 2.24) is 0 Å². The van der Waals surface area contributed by atoms with E-state index in [1.54, 1.807) is 19.1 Å². The summed E-state index contributed by atoms with van der Waals surface area (Å²) in [5, 5.41) is 0. The molecule has 0 saturated carbocycles. The molecule has 0 aliphatic heterocycles. The zero-order valence-electron chi connectivity index (χ0n) is 12.1. The molecule has 0 unspecified atom stereocenters. The van der Waals surface area contributed by atoms with Gasteiger partial charge in [-0.3, -0.25) is 4.79 Å². The van der Waals surface area contributed by atoms with Gasteiger partial charge in [0, 0.05) is 0 Å². The first-order chi connectivity index (χ1) is 10.1. The number of carbonyl (C=O) groups is 1. The number of hydrogen-bond donors (Lipinski definition) is 0. The Balaban J connectivity index is 2.09. The van der Waals surface area contributed by atoms with E-state index in [0.29, 0.717) is 17.9 Å². The van der Waals surface area contributed by atoms with Crippen LogP contribution in [0.4, 0.5) is 4.39 Å². The molecule has 110 valence electrons. The number of rotatable bonds is 5. The van der Waals surface area contributed by atoms with Crippen molar-refractivity contribution in [2.24, 2.45) is 0 Å². The van der Waals surface area contributed by atoms with Gasteiger partial charge in [0.05, 0.1) is 13.5 Å². The van der Waals surface area contributed by atoms with Crippen LogP contribution in [-0.2, 0) is 22.6 Å². The van der Waals surface area contributed by atoms with E-state index < -0.39 is 0 Å². The van der Waals surface area contributed by atoms with Crippen molar-refractivity contribution >= 4 is 5.97 Å². The average Bonchev–Trinajstić information content (AvgIpc) is 2.49. The van der Waals surface area contributed by atoms with Crippen LogP contribution in [0.1, 0.15) is 16.7 Å². The lowest BCUT2D eigenvalue weighted by atomic mass is 10.1. The van der Waals surface area contributed by atoms with Crippen LogP contribution < -0.4 is 4.74 Å². The van der Waals surface area contributed by atoms with Gasteiger partial charge in [-0.25, -0.2) is 4.39 Å². The quantitative estimate of drug-likeness (QED) is 0.791. The molecular formula is C17H17FO3. The first kappa shape index (κ1) is 15.0. The lowest BCUT2D eigenvalue weighted by Crippen LogP contribution is -2.08. The molecule has 2 rings (SSSR count). The minimum Gasteiger partial charge on any atom is -0.489 e. The number of methoxy groups -OCH3 is 1. The Hall–Kier alpha value is -2.36. The van der Waals surface area contributed by atoms with E-state index in [1.807, 2.05) is 24.3 Å². The lowest BCUT2D eigenvalue weighted by Gasteiger charge is -2.11. The normalized spacial score (nSPS) is 10.2. The number of aryl methyl sites for hydroxylation is 1. The molecule has 21 heavy (non-hydrogen) atoms. The van der Waals surface area contributed by atoms with Crippen molar-refractivity contribution in [3.63, 3.8) is 0 Å². The molecule has 0 saturated heterocycles. The largest absolute Gasteiger partial charge is 0.489 e. The maximum atomic E-state index is 13.2. The molecule has 0 aliphatic rings. The maximum Gasteiger partial charge on any atom is 0.309 e. The van der Waals surface area contributed by atoms with Gasteiger partial charge in [-0.1, -0.05) is 24.3 Å². The van der Waals surface area contributed by atoms with Crippen LogP contribution in [0.25, 0.3) is 0 Å². The fourth-order valence-electron chi connectivity index (χ4n) is 1.97. The van der Waals surface area contributed by atoms with E-state index in [9.17, 15) is 9.18 Å². The van der Waals surface area contributed by atoms with Gasteiger partial charge >= 0.3 is 5.97 Å². The summed E-state index contributed by atoms with van der Waals surface area (Å²) in [7, 11) is 1.36. The van der Waals surface area contributed by atoms with Crippen LogP contribution >= 0.6 is 0 Å². The molecule has 0 aromatic heterocycles. The number of carbonyl (C=O) groups excluding carboxylic acids is 1. The highest BCUT2D eigenvalue weighted by Crippen LogP contribution is 2.19. The van der Waals surface area contributed by atoms with Crippen LogP contribution in [0.5, 0.6) is 5.75 Å². The van der Waals surface area contributed by atoms with Crippen molar-refractivity contribution in [3.8, 4) is 5.75 Å². The van der Waals surface area contributed by atoms with Crippen LogP contribution in [0, 0.1) is 12.7 Å². The molecule has 0 amide bonds. The first-order valence-electron chi connectivity index (χ1n) is 6.62. The second-order valence-electron chi connectivity index (χ2n) is 4.72. The summed E-state index contributed by atoms with van der Waals surface area (Å²) in [5.74, 6) is 0.0512. The van der Waals surface area contributed by atoms with Gasteiger partial charge in [-0.15, -0.1) is 0 Å². The predicted molar refractivity (Wildman–Crippen MR) is 77.6 cm³/mol.